The predicted octanol–water partition coefficient (Wildman–Crippen LogP) is 0.841. The van der Waals surface area contributed by atoms with Gasteiger partial charge in [-0.25, -0.2) is 4.79 Å². The quantitative estimate of drug-likeness (QED) is 0.836. The second-order valence-corrected chi connectivity index (χ2v) is 4.17. The van der Waals surface area contributed by atoms with Gasteiger partial charge in [0.05, 0.1) is 0 Å². The smallest absolute Gasteiger partial charge is 0.300 e. The molecule has 0 amide bonds. The molecular formula is C10H10N2O2S. The van der Waals surface area contributed by atoms with Crippen LogP contribution >= 0.6 is 11.3 Å². The molecule has 0 fully saturated rings. The molecule has 0 bridgehead atoms. The van der Waals surface area contributed by atoms with E-state index in [-0.39, 0.29) is 11.2 Å². The van der Waals surface area contributed by atoms with Crippen molar-refractivity contribution in [3.05, 3.63) is 55.5 Å². The Morgan fingerprint density at radius 2 is 2.20 bits per heavy atom. The molecule has 4 nitrogen and oxygen atoms in total. The zero-order valence-corrected chi connectivity index (χ0v) is 8.79. The highest BCUT2D eigenvalue weighted by molar-refractivity contribution is 7.09. The molecule has 2 heterocycles. The van der Waals surface area contributed by atoms with Crippen molar-refractivity contribution in [1.29, 1.82) is 0 Å². The molecule has 0 aliphatic rings. The van der Waals surface area contributed by atoms with Crippen molar-refractivity contribution >= 4 is 11.3 Å². The zero-order valence-electron chi connectivity index (χ0n) is 7.97. The summed E-state index contributed by atoms with van der Waals surface area (Å²) in [5, 5.41) is 2.00. The normalized spacial score (nSPS) is 10.4. The lowest BCUT2D eigenvalue weighted by molar-refractivity contribution is 0.649. The second-order valence-electron chi connectivity index (χ2n) is 3.13. The molecule has 15 heavy (non-hydrogen) atoms. The first kappa shape index (κ1) is 9.92. The summed E-state index contributed by atoms with van der Waals surface area (Å²) in [5.74, 6) is 0. The standard InChI is InChI=1S/C10H10N2O2S/c13-9-4-6-12(10(14)11-9)5-3-8-2-1-7-15-8/h1-2,4,6-7H,3,5H2,(H,11,13,14). The average Bonchev–Trinajstić information content (AvgIpc) is 2.69. The molecule has 0 saturated heterocycles. The van der Waals surface area contributed by atoms with Crippen LogP contribution in [0.25, 0.3) is 0 Å². The fourth-order valence-corrected chi connectivity index (χ4v) is 2.00. The third kappa shape index (κ3) is 2.44. The van der Waals surface area contributed by atoms with Crippen LogP contribution in [0.2, 0.25) is 0 Å². The molecule has 0 unspecified atom stereocenters. The number of rotatable bonds is 3. The van der Waals surface area contributed by atoms with Gasteiger partial charge in [0.2, 0.25) is 0 Å². The van der Waals surface area contributed by atoms with Crippen LogP contribution in [-0.2, 0) is 13.0 Å². The minimum Gasteiger partial charge on any atom is -0.300 e. The maximum atomic E-state index is 11.3. The van der Waals surface area contributed by atoms with Crippen LogP contribution in [0.3, 0.4) is 0 Å². The molecule has 0 atom stereocenters. The highest BCUT2D eigenvalue weighted by atomic mass is 32.1. The van der Waals surface area contributed by atoms with Crippen molar-refractivity contribution < 1.29 is 0 Å². The Bertz CT molecular complexity index is 539. The minimum atomic E-state index is -0.354. The number of hydrogen-bond donors (Lipinski definition) is 1. The molecule has 0 aromatic carbocycles. The van der Waals surface area contributed by atoms with Gasteiger partial charge in [0.25, 0.3) is 5.56 Å². The summed E-state index contributed by atoms with van der Waals surface area (Å²) in [6.45, 7) is 0.593. The first-order valence-corrected chi connectivity index (χ1v) is 5.46. The highest BCUT2D eigenvalue weighted by Crippen LogP contribution is 2.09. The number of aromatic nitrogens is 2. The summed E-state index contributed by atoms with van der Waals surface area (Å²) in [5.41, 5.74) is -0.702. The Morgan fingerprint density at radius 3 is 2.87 bits per heavy atom. The summed E-state index contributed by atoms with van der Waals surface area (Å²) >= 11 is 1.66. The van der Waals surface area contributed by atoms with Gasteiger partial charge >= 0.3 is 5.69 Å². The van der Waals surface area contributed by atoms with E-state index in [0.29, 0.717) is 6.54 Å². The van der Waals surface area contributed by atoms with E-state index in [1.54, 1.807) is 11.3 Å². The van der Waals surface area contributed by atoms with E-state index in [1.807, 2.05) is 17.5 Å². The van der Waals surface area contributed by atoms with E-state index in [2.05, 4.69) is 4.98 Å². The van der Waals surface area contributed by atoms with E-state index in [4.69, 9.17) is 0 Å². The molecule has 2 rings (SSSR count). The van der Waals surface area contributed by atoms with E-state index in [0.717, 1.165) is 6.42 Å². The van der Waals surface area contributed by atoms with Gasteiger partial charge in [-0.2, -0.15) is 0 Å². The lowest BCUT2D eigenvalue weighted by Gasteiger charge is -2.01. The molecule has 2 aromatic heterocycles. The maximum absolute atomic E-state index is 11.3. The Labute approximate surface area is 89.8 Å². The maximum Gasteiger partial charge on any atom is 0.328 e. The van der Waals surface area contributed by atoms with Gasteiger partial charge < -0.3 is 4.57 Å². The highest BCUT2D eigenvalue weighted by Gasteiger charge is 1.98. The summed E-state index contributed by atoms with van der Waals surface area (Å²) in [6.07, 6.45) is 2.33. The molecule has 78 valence electrons. The predicted molar refractivity (Wildman–Crippen MR) is 59.3 cm³/mol. The molecular weight excluding hydrogens is 212 g/mol. The largest absolute Gasteiger partial charge is 0.328 e. The first-order chi connectivity index (χ1) is 7.25. The van der Waals surface area contributed by atoms with Crippen LogP contribution in [0.1, 0.15) is 4.88 Å². The number of nitrogens with one attached hydrogen (secondary N) is 1. The zero-order chi connectivity index (χ0) is 10.7. The van der Waals surface area contributed by atoms with E-state index in [9.17, 15) is 9.59 Å². The van der Waals surface area contributed by atoms with Crippen LogP contribution in [0.4, 0.5) is 0 Å². The van der Waals surface area contributed by atoms with Crippen LogP contribution in [0.15, 0.2) is 39.4 Å². The fourth-order valence-electron chi connectivity index (χ4n) is 1.31. The Hall–Kier alpha value is -1.62. The van der Waals surface area contributed by atoms with Crippen molar-refractivity contribution in [3.8, 4) is 0 Å². The Morgan fingerprint density at radius 1 is 1.33 bits per heavy atom. The fraction of sp³-hybridized carbons (Fsp3) is 0.200. The van der Waals surface area contributed by atoms with E-state index >= 15 is 0 Å². The molecule has 0 spiro atoms. The summed E-state index contributed by atoms with van der Waals surface area (Å²) in [4.78, 5) is 25.6. The van der Waals surface area contributed by atoms with Gasteiger partial charge in [-0.1, -0.05) is 6.07 Å². The van der Waals surface area contributed by atoms with Crippen molar-refractivity contribution in [2.75, 3.05) is 0 Å². The SMILES string of the molecule is O=c1ccn(CCc2cccs2)c(=O)[nH]1. The van der Waals surface area contributed by atoms with Crippen molar-refractivity contribution in [1.82, 2.24) is 9.55 Å². The molecule has 0 aliphatic heterocycles. The molecule has 0 radical (unpaired) electrons. The molecule has 5 heteroatoms. The third-order valence-corrected chi connectivity index (χ3v) is 3.01. The molecule has 1 N–H and O–H groups in total. The minimum absolute atomic E-state index is 0.348. The first-order valence-electron chi connectivity index (χ1n) is 4.58. The van der Waals surface area contributed by atoms with E-state index < -0.39 is 0 Å². The lowest BCUT2D eigenvalue weighted by Crippen LogP contribution is -2.29. The number of aryl methyl sites for hydroxylation is 2. The van der Waals surface area contributed by atoms with Gasteiger partial charge in [-0.05, 0) is 17.9 Å². The monoisotopic (exact) mass is 222 g/mol. The van der Waals surface area contributed by atoms with Crippen LogP contribution in [-0.4, -0.2) is 9.55 Å². The summed E-state index contributed by atoms with van der Waals surface area (Å²) in [7, 11) is 0. The Balaban J connectivity index is 2.12. The molecule has 0 aliphatic carbocycles. The van der Waals surface area contributed by atoms with Crippen LogP contribution in [0.5, 0.6) is 0 Å². The summed E-state index contributed by atoms with van der Waals surface area (Å²) < 4.78 is 1.50. The summed E-state index contributed by atoms with van der Waals surface area (Å²) in [6, 6.07) is 5.37. The van der Waals surface area contributed by atoms with Gasteiger partial charge in [-0.15, -0.1) is 11.3 Å². The van der Waals surface area contributed by atoms with Crippen molar-refractivity contribution in [2.24, 2.45) is 0 Å². The number of aromatic amines is 1. The van der Waals surface area contributed by atoms with Gasteiger partial charge in [0, 0.05) is 23.7 Å². The third-order valence-electron chi connectivity index (χ3n) is 2.08. The molecule has 0 saturated carbocycles. The van der Waals surface area contributed by atoms with Gasteiger partial charge in [0.15, 0.2) is 0 Å². The number of hydrogen-bond acceptors (Lipinski definition) is 3. The molecule has 2 aromatic rings. The number of thiophene rings is 1. The van der Waals surface area contributed by atoms with Gasteiger partial charge in [0.1, 0.15) is 0 Å². The van der Waals surface area contributed by atoms with E-state index in [1.165, 1.54) is 21.7 Å². The number of nitrogens with zero attached hydrogens (tertiary/aromatic N) is 1. The van der Waals surface area contributed by atoms with Crippen LogP contribution < -0.4 is 11.2 Å². The number of H-pyrrole nitrogens is 1. The van der Waals surface area contributed by atoms with Crippen molar-refractivity contribution in [2.45, 2.75) is 13.0 Å². The van der Waals surface area contributed by atoms with Gasteiger partial charge in [-0.3, -0.25) is 9.78 Å². The topological polar surface area (TPSA) is 54.9 Å². The lowest BCUT2D eigenvalue weighted by atomic mass is 10.3. The second kappa shape index (κ2) is 4.27. The van der Waals surface area contributed by atoms with Crippen molar-refractivity contribution in [3.63, 3.8) is 0 Å². The Kier molecular flexibility index (Phi) is 2.82. The van der Waals surface area contributed by atoms with Crippen LogP contribution in [0, 0.1) is 0 Å². The average molecular weight is 222 g/mol.